The van der Waals surface area contributed by atoms with Crippen molar-refractivity contribution >= 4 is 23.2 Å². The third-order valence-corrected chi connectivity index (χ3v) is 5.48. The molecule has 1 aliphatic rings. The van der Waals surface area contributed by atoms with Gasteiger partial charge in [0.2, 0.25) is 11.8 Å². The second-order valence-electron chi connectivity index (χ2n) is 7.69. The number of anilines is 2. The Morgan fingerprint density at radius 2 is 1.79 bits per heavy atom. The van der Waals surface area contributed by atoms with E-state index in [1.54, 1.807) is 43.8 Å². The maximum atomic E-state index is 12.5. The summed E-state index contributed by atoms with van der Waals surface area (Å²) < 4.78 is 6.59. The molecular weight excluding hydrogens is 370 g/mol. The van der Waals surface area contributed by atoms with E-state index in [1.165, 1.54) is 11.1 Å². The van der Waals surface area contributed by atoms with Crippen LogP contribution in [0.2, 0.25) is 0 Å². The van der Waals surface area contributed by atoms with E-state index < -0.39 is 0 Å². The molecule has 156 valence electrons. The van der Waals surface area contributed by atoms with E-state index in [2.05, 4.69) is 15.7 Å². The van der Waals surface area contributed by atoms with Crippen molar-refractivity contribution in [2.45, 2.75) is 45.1 Å². The number of amides is 2. The zero-order valence-electron chi connectivity index (χ0n) is 16.8. The highest BCUT2D eigenvalue weighted by atomic mass is 16.5. The molecule has 2 aromatic rings. The predicted molar refractivity (Wildman–Crippen MR) is 112 cm³/mol. The van der Waals surface area contributed by atoms with Gasteiger partial charge in [-0.05, 0) is 49.1 Å². The molecule has 8 heteroatoms. The lowest BCUT2D eigenvalue weighted by Gasteiger charge is -2.35. The summed E-state index contributed by atoms with van der Waals surface area (Å²) in [5.74, 6) is 0.458. The Morgan fingerprint density at radius 3 is 2.45 bits per heavy atom. The summed E-state index contributed by atoms with van der Waals surface area (Å²) in [4.78, 5) is 24.7. The van der Waals surface area contributed by atoms with Gasteiger partial charge in [-0.2, -0.15) is 5.10 Å². The third kappa shape index (κ3) is 5.80. The summed E-state index contributed by atoms with van der Waals surface area (Å²) in [5.41, 5.74) is 7.14. The molecule has 1 saturated carbocycles. The highest BCUT2D eigenvalue weighted by molar-refractivity contribution is 5.92. The van der Waals surface area contributed by atoms with Crippen LogP contribution < -0.4 is 21.1 Å². The van der Waals surface area contributed by atoms with Crippen LogP contribution in [0.1, 0.15) is 38.5 Å². The molecule has 0 aliphatic heterocycles. The van der Waals surface area contributed by atoms with Crippen LogP contribution in [0.15, 0.2) is 36.7 Å². The Labute approximate surface area is 170 Å². The number of rotatable bonds is 8. The van der Waals surface area contributed by atoms with Gasteiger partial charge in [0.1, 0.15) is 12.3 Å². The number of nitrogens with zero attached hydrogens (tertiary/aromatic N) is 2. The average Bonchev–Trinajstić information content (AvgIpc) is 3.15. The summed E-state index contributed by atoms with van der Waals surface area (Å²) in [5, 5.41) is 9.84. The Bertz CT molecular complexity index is 825. The molecule has 4 N–H and O–H groups in total. The molecule has 1 heterocycles. The van der Waals surface area contributed by atoms with Gasteiger partial charge in [0.05, 0.1) is 19.0 Å². The van der Waals surface area contributed by atoms with E-state index in [-0.39, 0.29) is 23.8 Å². The van der Waals surface area contributed by atoms with Crippen LogP contribution in [0.25, 0.3) is 0 Å². The van der Waals surface area contributed by atoms with Gasteiger partial charge >= 0.3 is 0 Å². The fraction of sp³-hybridized carbons (Fsp3) is 0.476. The zero-order valence-corrected chi connectivity index (χ0v) is 16.8. The first-order valence-corrected chi connectivity index (χ1v) is 9.98. The van der Waals surface area contributed by atoms with Crippen LogP contribution >= 0.6 is 0 Å². The number of benzene rings is 1. The van der Waals surface area contributed by atoms with Crippen LogP contribution in [-0.2, 0) is 16.1 Å². The molecule has 0 saturated heterocycles. The first-order valence-electron chi connectivity index (χ1n) is 9.98. The molecule has 0 spiro atoms. The fourth-order valence-corrected chi connectivity index (χ4v) is 3.84. The highest BCUT2D eigenvalue weighted by Gasteiger charge is 2.33. The second kappa shape index (κ2) is 9.56. The first-order chi connectivity index (χ1) is 14.0. The minimum Gasteiger partial charge on any atom is -0.497 e. The van der Waals surface area contributed by atoms with E-state index in [1.807, 2.05) is 0 Å². The van der Waals surface area contributed by atoms with E-state index >= 15 is 0 Å². The van der Waals surface area contributed by atoms with Gasteiger partial charge in [0.25, 0.3) is 0 Å². The van der Waals surface area contributed by atoms with Crippen LogP contribution in [0, 0.1) is 5.41 Å². The van der Waals surface area contributed by atoms with Crippen molar-refractivity contribution in [2.75, 3.05) is 24.3 Å². The number of ether oxygens (including phenoxy) is 1. The molecule has 0 atom stereocenters. The van der Waals surface area contributed by atoms with Crippen molar-refractivity contribution in [3.05, 3.63) is 36.7 Å². The van der Waals surface area contributed by atoms with Crippen molar-refractivity contribution < 1.29 is 14.3 Å². The zero-order chi connectivity index (χ0) is 20.7. The summed E-state index contributed by atoms with van der Waals surface area (Å²) >= 11 is 0. The second-order valence-corrected chi connectivity index (χ2v) is 7.69. The number of nitrogens with two attached hydrogens (primary N) is 1. The average molecular weight is 399 g/mol. The van der Waals surface area contributed by atoms with E-state index in [9.17, 15) is 9.59 Å². The van der Waals surface area contributed by atoms with E-state index in [4.69, 9.17) is 10.5 Å². The molecule has 0 unspecified atom stereocenters. The molecule has 1 aliphatic carbocycles. The van der Waals surface area contributed by atoms with Crippen molar-refractivity contribution in [2.24, 2.45) is 11.1 Å². The predicted octanol–water partition coefficient (Wildman–Crippen LogP) is 2.77. The van der Waals surface area contributed by atoms with E-state index in [0.29, 0.717) is 24.3 Å². The Kier molecular flexibility index (Phi) is 6.87. The maximum Gasteiger partial charge on any atom is 0.246 e. The molecule has 0 radical (unpaired) electrons. The first kappa shape index (κ1) is 20.9. The van der Waals surface area contributed by atoms with Crippen LogP contribution in [-0.4, -0.2) is 35.2 Å². The molecular formula is C21H29N5O3. The molecule has 3 rings (SSSR count). The molecule has 1 fully saturated rings. The quantitative estimate of drug-likeness (QED) is 0.632. The molecule has 2 amide bonds. The number of hydrogen-bond donors (Lipinski definition) is 3. The molecule has 1 aromatic heterocycles. The number of carbonyl (C=O) groups excluding carboxylic acids is 2. The lowest BCUT2D eigenvalue weighted by molar-refractivity contribution is -0.119. The summed E-state index contributed by atoms with van der Waals surface area (Å²) in [6, 6.07) is 7.09. The van der Waals surface area contributed by atoms with Crippen molar-refractivity contribution in [1.29, 1.82) is 0 Å². The van der Waals surface area contributed by atoms with Crippen molar-refractivity contribution in [3.8, 4) is 5.75 Å². The number of methoxy groups -OCH3 is 1. The van der Waals surface area contributed by atoms with Crippen LogP contribution in [0.5, 0.6) is 5.75 Å². The topological polar surface area (TPSA) is 111 Å². The van der Waals surface area contributed by atoms with Gasteiger partial charge in [-0.15, -0.1) is 0 Å². The van der Waals surface area contributed by atoms with Gasteiger partial charge in [0.15, 0.2) is 0 Å². The summed E-state index contributed by atoms with van der Waals surface area (Å²) in [7, 11) is 1.59. The lowest BCUT2D eigenvalue weighted by Crippen LogP contribution is -2.36. The van der Waals surface area contributed by atoms with Gasteiger partial charge in [-0.25, -0.2) is 0 Å². The number of aromatic nitrogens is 2. The van der Waals surface area contributed by atoms with Gasteiger partial charge in [-0.3, -0.25) is 14.3 Å². The fourth-order valence-electron chi connectivity index (χ4n) is 3.84. The SMILES string of the molecule is COc1ccc(NC(=O)Cn2cc(NC(=O)CC3(CN)CCCCC3)cn2)cc1. The summed E-state index contributed by atoms with van der Waals surface area (Å²) in [6.45, 7) is 0.583. The number of nitrogens with one attached hydrogen (secondary N) is 2. The number of carbonyl (C=O) groups is 2. The highest BCUT2D eigenvalue weighted by Crippen LogP contribution is 2.38. The van der Waals surface area contributed by atoms with E-state index in [0.717, 1.165) is 31.4 Å². The Hall–Kier alpha value is -2.87. The lowest BCUT2D eigenvalue weighted by atomic mass is 9.71. The molecule has 29 heavy (non-hydrogen) atoms. The van der Waals surface area contributed by atoms with Crippen LogP contribution in [0.4, 0.5) is 11.4 Å². The van der Waals surface area contributed by atoms with Gasteiger partial charge in [0, 0.05) is 18.3 Å². The molecule has 0 bridgehead atoms. The van der Waals surface area contributed by atoms with Gasteiger partial charge < -0.3 is 21.1 Å². The summed E-state index contributed by atoms with van der Waals surface area (Å²) in [6.07, 6.45) is 9.11. The molecule has 8 nitrogen and oxygen atoms in total. The monoisotopic (exact) mass is 399 g/mol. The third-order valence-electron chi connectivity index (χ3n) is 5.48. The number of hydrogen-bond acceptors (Lipinski definition) is 5. The largest absolute Gasteiger partial charge is 0.497 e. The minimum absolute atomic E-state index is 0.0502. The van der Waals surface area contributed by atoms with Gasteiger partial charge in [-0.1, -0.05) is 19.3 Å². The van der Waals surface area contributed by atoms with Crippen molar-refractivity contribution in [3.63, 3.8) is 0 Å². The normalized spacial score (nSPS) is 15.5. The van der Waals surface area contributed by atoms with Crippen LogP contribution in [0.3, 0.4) is 0 Å². The Balaban J connectivity index is 1.50. The smallest absolute Gasteiger partial charge is 0.246 e. The van der Waals surface area contributed by atoms with Crippen molar-refractivity contribution in [1.82, 2.24) is 9.78 Å². The Morgan fingerprint density at radius 1 is 1.10 bits per heavy atom. The standard InChI is InChI=1S/C21H29N5O3/c1-29-18-7-5-16(6-8-18)24-20(28)14-26-13-17(12-23-26)25-19(27)11-21(15-22)9-3-2-4-10-21/h5-8,12-13H,2-4,9-11,14-15,22H2,1H3,(H,24,28)(H,25,27). The minimum atomic E-state index is -0.208. The molecule has 1 aromatic carbocycles. The maximum absolute atomic E-state index is 12.5.